The summed E-state index contributed by atoms with van der Waals surface area (Å²) in [5.41, 5.74) is 1.68. The van der Waals surface area contributed by atoms with Gasteiger partial charge in [0.1, 0.15) is 0 Å². The molecule has 126 valence electrons. The summed E-state index contributed by atoms with van der Waals surface area (Å²) in [6.45, 7) is 3.50. The van der Waals surface area contributed by atoms with Crippen molar-refractivity contribution in [1.29, 1.82) is 0 Å². The molecule has 0 aromatic carbocycles. The van der Waals surface area contributed by atoms with Crippen molar-refractivity contribution in [2.45, 2.75) is 25.8 Å². The largest absolute Gasteiger partial charge is 0.337 e. The molecule has 0 unspecified atom stereocenters. The molecule has 1 aromatic rings. The van der Waals surface area contributed by atoms with Gasteiger partial charge in [0.05, 0.1) is 0 Å². The zero-order chi connectivity index (χ0) is 16.2. The predicted molar refractivity (Wildman–Crippen MR) is 86.8 cm³/mol. The molecule has 0 bridgehead atoms. The van der Waals surface area contributed by atoms with Crippen molar-refractivity contribution < 1.29 is 9.59 Å². The number of carbonyl (C=O) groups is 2. The van der Waals surface area contributed by atoms with Crippen molar-refractivity contribution in [3.8, 4) is 0 Å². The molecule has 1 saturated heterocycles. The topological polar surface area (TPSA) is 70.5 Å². The first-order valence-corrected chi connectivity index (χ1v) is 8.67. The number of hydrogen-bond acceptors (Lipinski definition) is 3. The molecule has 1 N–H and O–H groups in total. The second-order valence-corrected chi connectivity index (χ2v) is 6.28. The number of aromatic nitrogens is 2. The Balaban J connectivity index is 1.56. The molecule has 0 radical (unpaired) electrons. The zero-order valence-corrected chi connectivity index (χ0v) is 13.9. The number of piperazine rings is 1. The van der Waals surface area contributed by atoms with Crippen LogP contribution in [0.4, 0.5) is 4.79 Å². The maximum atomic E-state index is 12.6. The molecule has 23 heavy (non-hydrogen) atoms. The smallest absolute Gasteiger partial charge is 0.317 e. The van der Waals surface area contributed by atoms with Crippen LogP contribution in [0.2, 0.25) is 0 Å². The second kappa shape index (κ2) is 7.21. The first-order chi connectivity index (χ1) is 11.2. The quantitative estimate of drug-likeness (QED) is 0.833. The number of nitrogens with zero attached hydrogens (tertiary/aromatic N) is 4. The van der Waals surface area contributed by atoms with Crippen LogP contribution in [0.1, 0.15) is 29.0 Å². The van der Waals surface area contributed by atoms with E-state index >= 15 is 0 Å². The number of rotatable bonds is 3. The van der Waals surface area contributed by atoms with Crippen LogP contribution < -0.4 is 5.32 Å². The summed E-state index contributed by atoms with van der Waals surface area (Å²) in [6.07, 6.45) is 3.28. The normalized spacial score (nSPS) is 17.8. The minimum absolute atomic E-state index is 0.0345. The average molecular weight is 340 g/mol. The lowest BCUT2D eigenvalue weighted by Gasteiger charge is -2.34. The van der Waals surface area contributed by atoms with Crippen molar-refractivity contribution in [1.82, 2.24) is 24.9 Å². The third-order valence-corrected chi connectivity index (χ3v) is 4.55. The molecule has 7 nitrogen and oxygen atoms in total. The van der Waals surface area contributed by atoms with Gasteiger partial charge in [0.25, 0.3) is 5.91 Å². The molecule has 2 aliphatic heterocycles. The van der Waals surface area contributed by atoms with Gasteiger partial charge in [0.2, 0.25) is 0 Å². The van der Waals surface area contributed by atoms with Gasteiger partial charge < -0.3 is 15.1 Å². The summed E-state index contributed by atoms with van der Waals surface area (Å²) in [5.74, 6) is 0.363. The molecule has 0 spiro atoms. The molecule has 0 aliphatic carbocycles. The highest BCUT2D eigenvalue weighted by Crippen LogP contribution is 2.17. The summed E-state index contributed by atoms with van der Waals surface area (Å²) >= 11 is 5.57. The zero-order valence-electron chi connectivity index (χ0n) is 13.1. The van der Waals surface area contributed by atoms with Crippen LogP contribution in [0.15, 0.2) is 6.07 Å². The monoisotopic (exact) mass is 339 g/mol. The van der Waals surface area contributed by atoms with E-state index in [-0.39, 0.29) is 11.9 Å². The van der Waals surface area contributed by atoms with E-state index in [0.29, 0.717) is 44.3 Å². The summed E-state index contributed by atoms with van der Waals surface area (Å²) in [4.78, 5) is 27.9. The van der Waals surface area contributed by atoms with Crippen LogP contribution in [-0.2, 0) is 13.0 Å². The molecule has 3 rings (SSSR count). The lowest BCUT2D eigenvalue weighted by atomic mass is 10.1. The van der Waals surface area contributed by atoms with E-state index in [0.717, 1.165) is 31.5 Å². The van der Waals surface area contributed by atoms with Gasteiger partial charge in [-0.2, -0.15) is 5.10 Å². The van der Waals surface area contributed by atoms with E-state index in [1.54, 1.807) is 9.80 Å². The number of hydrogen-bond donors (Lipinski definition) is 1. The summed E-state index contributed by atoms with van der Waals surface area (Å²) in [7, 11) is 0. The first kappa shape index (κ1) is 16.1. The Hall–Kier alpha value is -1.76. The Bertz CT molecular complexity index is 557. The Morgan fingerprint density at radius 3 is 2.57 bits per heavy atom. The van der Waals surface area contributed by atoms with Gasteiger partial charge in [0, 0.05) is 50.8 Å². The van der Waals surface area contributed by atoms with Crippen LogP contribution in [-0.4, -0.2) is 70.1 Å². The van der Waals surface area contributed by atoms with Crippen LogP contribution in [0.5, 0.6) is 0 Å². The maximum Gasteiger partial charge on any atom is 0.317 e. The molecule has 2 aliphatic rings. The predicted octanol–water partition coefficient (Wildman–Crippen LogP) is 0.926. The van der Waals surface area contributed by atoms with E-state index < -0.39 is 0 Å². The summed E-state index contributed by atoms with van der Waals surface area (Å²) < 4.78 is 1.95. The molecular formula is C15H22ClN5O2. The third-order valence-electron chi connectivity index (χ3n) is 4.36. The highest BCUT2D eigenvalue weighted by Gasteiger charge is 2.27. The standard InChI is InChI=1S/C15H22ClN5O2/c16-4-5-17-15(23)20-9-7-19(8-10-20)14(22)13-11-12-3-1-2-6-21(12)18-13/h11H,1-10H2,(H,17,23). The number of nitrogens with one attached hydrogen (secondary N) is 1. The van der Waals surface area contributed by atoms with E-state index in [4.69, 9.17) is 11.6 Å². The lowest BCUT2D eigenvalue weighted by Crippen LogP contribution is -2.53. The van der Waals surface area contributed by atoms with Gasteiger partial charge in [-0.25, -0.2) is 4.79 Å². The second-order valence-electron chi connectivity index (χ2n) is 5.90. The minimum Gasteiger partial charge on any atom is -0.337 e. The molecule has 0 atom stereocenters. The van der Waals surface area contributed by atoms with Crippen LogP contribution >= 0.6 is 11.6 Å². The highest BCUT2D eigenvalue weighted by molar-refractivity contribution is 6.18. The highest BCUT2D eigenvalue weighted by atomic mass is 35.5. The van der Waals surface area contributed by atoms with Crippen LogP contribution in [0.3, 0.4) is 0 Å². The van der Waals surface area contributed by atoms with E-state index in [2.05, 4.69) is 10.4 Å². The van der Waals surface area contributed by atoms with Crippen molar-refractivity contribution in [2.24, 2.45) is 0 Å². The molecule has 1 aromatic heterocycles. The van der Waals surface area contributed by atoms with Crippen molar-refractivity contribution >= 4 is 23.5 Å². The fourth-order valence-corrected chi connectivity index (χ4v) is 3.16. The maximum absolute atomic E-state index is 12.6. The van der Waals surface area contributed by atoms with Gasteiger partial charge in [-0.3, -0.25) is 9.48 Å². The van der Waals surface area contributed by atoms with Crippen molar-refractivity contribution in [3.63, 3.8) is 0 Å². The molecule has 1 fully saturated rings. The Labute approximate surface area is 140 Å². The Morgan fingerprint density at radius 2 is 1.87 bits per heavy atom. The van der Waals surface area contributed by atoms with Crippen molar-refractivity contribution in [3.05, 3.63) is 17.5 Å². The Kier molecular flexibility index (Phi) is 5.05. The average Bonchev–Trinajstić information content (AvgIpc) is 3.03. The van der Waals surface area contributed by atoms with Gasteiger partial charge in [-0.1, -0.05) is 0 Å². The fraction of sp³-hybridized carbons (Fsp3) is 0.667. The number of fused-ring (bicyclic) bond motifs is 1. The molecule has 3 amide bonds. The van der Waals surface area contributed by atoms with Gasteiger partial charge in [-0.05, 0) is 25.3 Å². The number of urea groups is 1. The molecular weight excluding hydrogens is 318 g/mol. The van der Waals surface area contributed by atoms with Crippen molar-refractivity contribution in [2.75, 3.05) is 38.6 Å². The third kappa shape index (κ3) is 3.60. The minimum atomic E-state index is -0.116. The first-order valence-electron chi connectivity index (χ1n) is 8.14. The number of aryl methyl sites for hydroxylation is 2. The lowest BCUT2D eigenvalue weighted by molar-refractivity contribution is 0.0658. The van der Waals surface area contributed by atoms with E-state index in [1.165, 1.54) is 0 Å². The van der Waals surface area contributed by atoms with Gasteiger partial charge >= 0.3 is 6.03 Å². The van der Waals surface area contributed by atoms with Crippen LogP contribution in [0.25, 0.3) is 0 Å². The fourth-order valence-electron chi connectivity index (χ4n) is 3.06. The number of alkyl halides is 1. The molecule has 0 saturated carbocycles. The van der Waals surface area contributed by atoms with Gasteiger partial charge in [-0.15, -0.1) is 11.6 Å². The summed E-state index contributed by atoms with van der Waals surface area (Å²) in [6, 6.07) is 1.80. The number of halogens is 1. The van der Waals surface area contributed by atoms with E-state index in [9.17, 15) is 9.59 Å². The molecule has 3 heterocycles. The van der Waals surface area contributed by atoms with Crippen LogP contribution in [0, 0.1) is 0 Å². The van der Waals surface area contributed by atoms with E-state index in [1.807, 2.05) is 10.7 Å². The van der Waals surface area contributed by atoms with Gasteiger partial charge in [0.15, 0.2) is 5.69 Å². The number of carbonyl (C=O) groups excluding carboxylic acids is 2. The SMILES string of the molecule is O=C(NCCCl)N1CCN(C(=O)c2cc3n(n2)CCCC3)CC1. The Morgan fingerprint density at radius 1 is 1.13 bits per heavy atom. The number of amides is 3. The molecule has 8 heteroatoms. The summed E-state index contributed by atoms with van der Waals surface area (Å²) in [5, 5.41) is 7.19.